The second-order valence-corrected chi connectivity index (χ2v) is 11.4. The number of fused-ring (bicyclic) bond motifs is 1. The van der Waals surface area contributed by atoms with Crippen LogP contribution in [0, 0.1) is 5.41 Å². The van der Waals surface area contributed by atoms with E-state index in [0.29, 0.717) is 24.2 Å². The molecule has 0 radical (unpaired) electrons. The highest BCUT2D eigenvalue weighted by atomic mass is 16.2. The van der Waals surface area contributed by atoms with Crippen LogP contribution in [0.2, 0.25) is 0 Å². The number of imidazole rings is 1. The third-order valence-electron chi connectivity index (χ3n) is 8.25. The third kappa shape index (κ3) is 7.03. The van der Waals surface area contributed by atoms with Crippen LogP contribution in [-0.4, -0.2) is 26.3 Å². The van der Waals surface area contributed by atoms with Crippen molar-refractivity contribution in [2.45, 2.75) is 38.9 Å². The molecule has 0 saturated heterocycles. The maximum Gasteiger partial charge on any atom is 0.258 e. The quantitative estimate of drug-likeness (QED) is 0.115. The van der Waals surface area contributed by atoms with Crippen molar-refractivity contribution < 1.29 is 4.79 Å². The summed E-state index contributed by atoms with van der Waals surface area (Å²) in [5.74, 6) is 0.908. The molecule has 6 aromatic rings. The minimum Gasteiger partial charge on any atom is -0.384 e. The highest BCUT2D eigenvalue weighted by Gasteiger charge is 2.21. The van der Waals surface area contributed by atoms with Gasteiger partial charge in [-0.2, -0.15) is 0 Å². The molecule has 0 fully saturated rings. The zero-order chi connectivity index (χ0) is 31.9. The lowest BCUT2D eigenvalue weighted by Gasteiger charge is -2.23. The Morgan fingerprint density at radius 1 is 0.761 bits per heavy atom. The SMILES string of the molecule is N=C(N)c1ccc(CCc2nc3cc(C(=O)N(Cc4ccc(CN)cc4)c4cccnc4)ccc3n2CCc2ccccc2)cc1. The van der Waals surface area contributed by atoms with Gasteiger partial charge in [-0.05, 0) is 65.4 Å². The van der Waals surface area contributed by atoms with Gasteiger partial charge in [0.25, 0.3) is 5.91 Å². The Kier molecular flexibility index (Phi) is 9.27. The molecule has 2 aromatic heterocycles. The summed E-state index contributed by atoms with van der Waals surface area (Å²) in [5, 5.41) is 7.67. The van der Waals surface area contributed by atoms with E-state index in [1.165, 1.54) is 5.56 Å². The number of aryl methyl sites for hydroxylation is 4. The Morgan fingerprint density at radius 2 is 1.46 bits per heavy atom. The van der Waals surface area contributed by atoms with Crippen molar-refractivity contribution in [1.82, 2.24) is 14.5 Å². The molecule has 0 aliphatic carbocycles. The van der Waals surface area contributed by atoms with Gasteiger partial charge in [-0.25, -0.2) is 4.98 Å². The predicted molar refractivity (Wildman–Crippen MR) is 184 cm³/mol. The average molecular weight is 608 g/mol. The Bertz CT molecular complexity index is 1930. The number of nitrogens with zero attached hydrogens (tertiary/aromatic N) is 4. The molecular formula is C38H37N7O. The summed E-state index contributed by atoms with van der Waals surface area (Å²) in [7, 11) is 0. The van der Waals surface area contributed by atoms with Gasteiger partial charge in [-0.1, -0.05) is 78.9 Å². The third-order valence-corrected chi connectivity index (χ3v) is 8.25. The van der Waals surface area contributed by atoms with E-state index in [1.807, 2.05) is 84.9 Å². The number of nitrogens with one attached hydrogen (secondary N) is 1. The van der Waals surface area contributed by atoms with E-state index in [-0.39, 0.29) is 11.7 Å². The summed E-state index contributed by atoms with van der Waals surface area (Å²) >= 11 is 0. The molecule has 4 aromatic carbocycles. The molecule has 0 aliphatic heterocycles. The van der Waals surface area contributed by atoms with Crippen molar-refractivity contribution in [3.8, 4) is 0 Å². The van der Waals surface area contributed by atoms with E-state index in [1.54, 1.807) is 17.3 Å². The van der Waals surface area contributed by atoms with Gasteiger partial charge < -0.3 is 20.9 Å². The van der Waals surface area contributed by atoms with Crippen LogP contribution in [-0.2, 0) is 38.9 Å². The Balaban J connectivity index is 1.31. The van der Waals surface area contributed by atoms with Crippen LogP contribution in [0.4, 0.5) is 5.69 Å². The van der Waals surface area contributed by atoms with Gasteiger partial charge in [0.05, 0.1) is 29.5 Å². The van der Waals surface area contributed by atoms with Gasteiger partial charge in [0, 0.05) is 36.8 Å². The highest BCUT2D eigenvalue weighted by Crippen LogP contribution is 2.24. The monoisotopic (exact) mass is 607 g/mol. The van der Waals surface area contributed by atoms with Gasteiger partial charge in [-0.15, -0.1) is 0 Å². The Morgan fingerprint density at radius 3 is 2.15 bits per heavy atom. The molecule has 0 atom stereocenters. The van der Waals surface area contributed by atoms with E-state index >= 15 is 0 Å². The number of pyridine rings is 1. The first-order valence-electron chi connectivity index (χ1n) is 15.4. The number of hydrogen-bond donors (Lipinski definition) is 3. The number of aromatic nitrogens is 3. The van der Waals surface area contributed by atoms with Gasteiger partial charge in [0.2, 0.25) is 0 Å². The molecular weight excluding hydrogens is 570 g/mol. The first-order chi connectivity index (χ1) is 22.5. The molecule has 0 bridgehead atoms. The van der Waals surface area contributed by atoms with E-state index in [9.17, 15) is 4.79 Å². The zero-order valence-electron chi connectivity index (χ0n) is 25.6. The number of amidine groups is 1. The van der Waals surface area contributed by atoms with Crippen molar-refractivity contribution in [3.63, 3.8) is 0 Å². The summed E-state index contributed by atoms with van der Waals surface area (Å²) in [6, 6.07) is 35.8. The van der Waals surface area contributed by atoms with E-state index in [4.69, 9.17) is 21.9 Å². The Hall–Kier alpha value is -5.60. The van der Waals surface area contributed by atoms with Crippen LogP contribution in [0.3, 0.4) is 0 Å². The minimum atomic E-state index is -0.122. The number of anilines is 1. The second kappa shape index (κ2) is 14.0. The number of carbonyl (C=O) groups excluding carboxylic acids is 1. The highest BCUT2D eigenvalue weighted by molar-refractivity contribution is 6.07. The molecule has 0 aliphatic rings. The lowest BCUT2D eigenvalue weighted by atomic mass is 10.1. The van der Waals surface area contributed by atoms with Gasteiger partial charge >= 0.3 is 0 Å². The number of benzene rings is 4. The van der Waals surface area contributed by atoms with Gasteiger partial charge in [0.1, 0.15) is 11.7 Å². The number of hydrogen-bond acceptors (Lipinski definition) is 5. The van der Waals surface area contributed by atoms with Crippen molar-refractivity contribution in [2.75, 3.05) is 4.90 Å². The maximum absolute atomic E-state index is 14.1. The Labute approximate surface area is 268 Å². The first kappa shape index (κ1) is 30.4. The molecule has 8 heteroatoms. The number of nitrogens with two attached hydrogens (primary N) is 2. The van der Waals surface area contributed by atoms with Crippen LogP contribution in [0.1, 0.15) is 44.0 Å². The number of carbonyl (C=O) groups is 1. The summed E-state index contributed by atoms with van der Waals surface area (Å²) in [5.41, 5.74) is 19.7. The first-order valence-corrected chi connectivity index (χ1v) is 15.4. The minimum absolute atomic E-state index is 0.0613. The van der Waals surface area contributed by atoms with Crippen LogP contribution < -0.4 is 16.4 Å². The van der Waals surface area contributed by atoms with Crippen molar-refractivity contribution in [2.24, 2.45) is 11.5 Å². The molecule has 6 rings (SSSR count). The van der Waals surface area contributed by atoms with E-state index < -0.39 is 0 Å². The van der Waals surface area contributed by atoms with Crippen molar-refractivity contribution in [1.29, 1.82) is 5.41 Å². The molecule has 2 heterocycles. The fraction of sp³-hybridized carbons (Fsp3) is 0.158. The van der Waals surface area contributed by atoms with Gasteiger partial charge in [-0.3, -0.25) is 15.2 Å². The lowest BCUT2D eigenvalue weighted by molar-refractivity contribution is 0.0985. The summed E-state index contributed by atoms with van der Waals surface area (Å²) in [4.78, 5) is 25.2. The van der Waals surface area contributed by atoms with E-state index in [2.05, 4.69) is 33.8 Å². The molecule has 230 valence electrons. The summed E-state index contributed by atoms with van der Waals surface area (Å²) < 4.78 is 2.28. The standard InChI is InChI=1S/C38H37N7O/c39-24-29-8-10-30(11-9-29)26-45(33-7-4-21-42-25-33)38(46)32-17-18-35-34(23-32)43-36(44(35)22-20-27-5-2-1-3-6-27)19-14-28-12-15-31(16-13-28)37(40)41/h1-13,15-18,21,23,25H,14,19-20,22,24,26,39H2,(H3,40,41). The number of nitrogen functional groups attached to an aromatic ring is 1. The zero-order valence-corrected chi connectivity index (χ0v) is 25.6. The van der Waals surface area contributed by atoms with Crippen LogP contribution in [0.25, 0.3) is 11.0 Å². The van der Waals surface area contributed by atoms with Crippen molar-refractivity contribution >= 4 is 28.5 Å². The number of amides is 1. The van der Waals surface area contributed by atoms with E-state index in [0.717, 1.165) is 65.0 Å². The van der Waals surface area contributed by atoms with Crippen LogP contribution in [0.15, 0.2) is 122 Å². The molecule has 0 spiro atoms. The maximum atomic E-state index is 14.1. The smallest absolute Gasteiger partial charge is 0.258 e. The predicted octanol–water partition coefficient (Wildman–Crippen LogP) is 6.05. The fourth-order valence-electron chi connectivity index (χ4n) is 5.66. The molecule has 0 unspecified atom stereocenters. The van der Waals surface area contributed by atoms with Gasteiger partial charge in [0.15, 0.2) is 0 Å². The normalized spacial score (nSPS) is 11.1. The molecule has 1 amide bonds. The largest absolute Gasteiger partial charge is 0.384 e. The lowest BCUT2D eigenvalue weighted by Crippen LogP contribution is -2.30. The topological polar surface area (TPSA) is 127 Å². The summed E-state index contributed by atoms with van der Waals surface area (Å²) in [6.07, 6.45) is 5.80. The molecule has 8 nitrogen and oxygen atoms in total. The molecule has 5 N–H and O–H groups in total. The number of rotatable bonds is 12. The van der Waals surface area contributed by atoms with Crippen LogP contribution in [0.5, 0.6) is 0 Å². The average Bonchev–Trinajstić information content (AvgIpc) is 3.46. The second-order valence-electron chi connectivity index (χ2n) is 11.4. The van der Waals surface area contributed by atoms with Crippen LogP contribution >= 0.6 is 0 Å². The summed E-state index contributed by atoms with van der Waals surface area (Å²) in [6.45, 7) is 1.64. The molecule has 0 saturated carbocycles. The van der Waals surface area contributed by atoms with Crippen molar-refractivity contribution in [3.05, 3.63) is 161 Å². The fourth-order valence-corrected chi connectivity index (χ4v) is 5.66. The molecule has 46 heavy (non-hydrogen) atoms.